The first-order chi connectivity index (χ1) is 14.8. The van der Waals surface area contributed by atoms with E-state index >= 15 is 0 Å². The first-order valence-electron chi connectivity index (χ1n) is 14.8. The average molecular weight is 417 g/mol. The van der Waals surface area contributed by atoms with E-state index in [1.54, 1.807) is 83.5 Å². The van der Waals surface area contributed by atoms with Gasteiger partial charge in [0.1, 0.15) is 0 Å². The van der Waals surface area contributed by atoms with Crippen LogP contribution in [0.3, 0.4) is 0 Å². The summed E-state index contributed by atoms with van der Waals surface area (Å²) in [5, 5.41) is 0. The molecule has 0 unspecified atom stereocenters. The van der Waals surface area contributed by atoms with Crippen LogP contribution in [0, 0.1) is 35.5 Å². The molecule has 3 rings (SSSR count). The Morgan fingerprint density at radius 1 is 0.367 bits per heavy atom. The topological polar surface area (TPSA) is 0 Å². The predicted octanol–water partition coefficient (Wildman–Crippen LogP) is 10.3. The van der Waals surface area contributed by atoms with Crippen molar-refractivity contribution in [3.05, 3.63) is 0 Å². The van der Waals surface area contributed by atoms with Crippen LogP contribution in [0.15, 0.2) is 0 Å². The lowest BCUT2D eigenvalue weighted by molar-refractivity contribution is 0.102. The van der Waals surface area contributed by atoms with Gasteiger partial charge in [0.2, 0.25) is 0 Å². The van der Waals surface area contributed by atoms with Gasteiger partial charge in [-0.25, -0.2) is 0 Å². The van der Waals surface area contributed by atoms with Crippen molar-refractivity contribution in [2.24, 2.45) is 35.5 Å². The average Bonchev–Trinajstić information content (AvgIpc) is 2.80. The molecule has 0 aliphatic heterocycles. The molecule has 0 nitrogen and oxygen atoms in total. The van der Waals surface area contributed by atoms with Crippen molar-refractivity contribution in [2.75, 3.05) is 0 Å². The minimum absolute atomic E-state index is 1.09. The molecule has 0 heterocycles. The minimum Gasteiger partial charge on any atom is -0.0654 e. The Morgan fingerprint density at radius 3 is 1.07 bits per heavy atom. The number of hydrogen-bond donors (Lipinski definition) is 0. The third-order valence-corrected chi connectivity index (χ3v) is 9.86. The minimum atomic E-state index is 1.09. The van der Waals surface area contributed by atoms with Crippen LogP contribution >= 0.6 is 0 Å². The molecule has 3 fully saturated rings. The summed E-state index contributed by atoms with van der Waals surface area (Å²) in [7, 11) is 0. The summed E-state index contributed by atoms with van der Waals surface area (Å²) in [6, 6.07) is 0. The molecular formula is C30H56. The summed E-state index contributed by atoms with van der Waals surface area (Å²) < 4.78 is 0. The van der Waals surface area contributed by atoms with Crippen LogP contribution in [0.2, 0.25) is 0 Å². The maximum Gasteiger partial charge on any atom is -0.0386 e. The van der Waals surface area contributed by atoms with Crippen molar-refractivity contribution < 1.29 is 0 Å². The van der Waals surface area contributed by atoms with Crippen molar-refractivity contribution in [2.45, 2.75) is 155 Å². The second-order valence-electron chi connectivity index (χ2n) is 11.9. The van der Waals surface area contributed by atoms with Gasteiger partial charge in [0, 0.05) is 0 Å². The van der Waals surface area contributed by atoms with E-state index < -0.39 is 0 Å². The lowest BCUT2D eigenvalue weighted by Crippen LogP contribution is -2.29. The lowest BCUT2D eigenvalue weighted by atomic mass is 9.64. The normalized spacial score (nSPS) is 35.4. The van der Waals surface area contributed by atoms with E-state index in [1.165, 1.54) is 57.8 Å². The van der Waals surface area contributed by atoms with Gasteiger partial charge in [-0.2, -0.15) is 0 Å². The molecule has 0 radical (unpaired) electrons. The van der Waals surface area contributed by atoms with E-state index in [2.05, 4.69) is 13.8 Å². The third kappa shape index (κ3) is 8.16. The van der Waals surface area contributed by atoms with Crippen LogP contribution in [-0.4, -0.2) is 0 Å². The monoisotopic (exact) mass is 416 g/mol. The Labute approximate surface area is 190 Å². The molecule has 0 spiro atoms. The van der Waals surface area contributed by atoms with Crippen molar-refractivity contribution >= 4 is 0 Å². The maximum atomic E-state index is 2.34. The van der Waals surface area contributed by atoms with Crippen LogP contribution in [0.1, 0.15) is 155 Å². The standard InChI is InChI=1S/C30H56/c1-3-5-7-8-10-12-26-15-19-28(20-16-26)30-23-21-29(22-24-30)27-17-13-25(14-18-27)11-9-6-4-2/h25-30H,3-24H2,1-2H3. The quantitative estimate of drug-likeness (QED) is 0.277. The highest BCUT2D eigenvalue weighted by Gasteiger charge is 2.34. The number of unbranched alkanes of at least 4 members (excludes halogenated alkanes) is 6. The van der Waals surface area contributed by atoms with Crippen LogP contribution in [0.5, 0.6) is 0 Å². The van der Waals surface area contributed by atoms with E-state index in [1.807, 2.05) is 0 Å². The summed E-state index contributed by atoms with van der Waals surface area (Å²) in [6.07, 6.45) is 33.7. The van der Waals surface area contributed by atoms with Gasteiger partial charge in [0.25, 0.3) is 0 Å². The van der Waals surface area contributed by atoms with Gasteiger partial charge >= 0.3 is 0 Å². The Morgan fingerprint density at radius 2 is 0.667 bits per heavy atom. The fraction of sp³-hybridized carbons (Fsp3) is 1.00. The van der Waals surface area contributed by atoms with Crippen molar-refractivity contribution in [1.82, 2.24) is 0 Å². The predicted molar refractivity (Wildman–Crippen MR) is 134 cm³/mol. The molecule has 0 atom stereocenters. The van der Waals surface area contributed by atoms with E-state index in [4.69, 9.17) is 0 Å². The third-order valence-electron chi connectivity index (χ3n) is 9.86. The second-order valence-corrected chi connectivity index (χ2v) is 11.9. The lowest BCUT2D eigenvalue weighted by Gasteiger charge is -2.41. The van der Waals surface area contributed by atoms with E-state index in [9.17, 15) is 0 Å². The first-order valence-corrected chi connectivity index (χ1v) is 14.8. The van der Waals surface area contributed by atoms with Crippen molar-refractivity contribution in [3.63, 3.8) is 0 Å². The summed E-state index contributed by atoms with van der Waals surface area (Å²) in [5.74, 6) is 6.61. The molecule has 30 heavy (non-hydrogen) atoms. The molecule has 0 bridgehead atoms. The second kappa shape index (κ2) is 14.2. The molecule has 3 saturated carbocycles. The summed E-state index contributed by atoms with van der Waals surface area (Å²) in [4.78, 5) is 0. The molecule has 0 heteroatoms. The Hall–Kier alpha value is 0. The van der Waals surface area contributed by atoms with Crippen molar-refractivity contribution in [3.8, 4) is 0 Å². The molecule has 3 aliphatic carbocycles. The van der Waals surface area contributed by atoms with Crippen molar-refractivity contribution in [1.29, 1.82) is 0 Å². The van der Waals surface area contributed by atoms with E-state index in [0.29, 0.717) is 0 Å². The Kier molecular flexibility index (Phi) is 11.7. The van der Waals surface area contributed by atoms with E-state index in [0.717, 1.165) is 35.5 Å². The van der Waals surface area contributed by atoms with Gasteiger partial charge in [-0.05, 0) is 86.9 Å². The largest absolute Gasteiger partial charge is 0.0654 e. The van der Waals surface area contributed by atoms with Gasteiger partial charge in [0.15, 0.2) is 0 Å². The van der Waals surface area contributed by atoms with Gasteiger partial charge < -0.3 is 0 Å². The smallest absolute Gasteiger partial charge is 0.0386 e. The fourth-order valence-corrected chi connectivity index (χ4v) is 7.70. The van der Waals surface area contributed by atoms with Crippen LogP contribution in [0.25, 0.3) is 0 Å². The molecule has 0 aromatic heterocycles. The summed E-state index contributed by atoms with van der Waals surface area (Å²) >= 11 is 0. The molecule has 3 aliphatic rings. The van der Waals surface area contributed by atoms with E-state index in [-0.39, 0.29) is 0 Å². The molecule has 0 aromatic carbocycles. The Bertz CT molecular complexity index is 402. The molecule has 0 amide bonds. The molecule has 0 aromatic rings. The fourth-order valence-electron chi connectivity index (χ4n) is 7.70. The zero-order valence-electron chi connectivity index (χ0n) is 21.0. The van der Waals surface area contributed by atoms with Gasteiger partial charge in [0.05, 0.1) is 0 Å². The zero-order chi connectivity index (χ0) is 21.0. The molecule has 0 saturated heterocycles. The SMILES string of the molecule is CCCCCCCC1CCC(C2CCC(C3CCC(CCCCC)CC3)CC2)CC1. The van der Waals surface area contributed by atoms with Gasteiger partial charge in [-0.3, -0.25) is 0 Å². The molecular weight excluding hydrogens is 360 g/mol. The number of hydrogen-bond acceptors (Lipinski definition) is 0. The zero-order valence-corrected chi connectivity index (χ0v) is 21.0. The first kappa shape index (κ1) is 24.6. The highest BCUT2D eigenvalue weighted by Crippen LogP contribution is 2.46. The molecule has 0 N–H and O–H groups in total. The van der Waals surface area contributed by atoms with Gasteiger partial charge in [-0.15, -0.1) is 0 Å². The maximum absolute atomic E-state index is 2.34. The highest BCUT2D eigenvalue weighted by molar-refractivity contribution is 4.86. The van der Waals surface area contributed by atoms with Crippen LogP contribution in [0.4, 0.5) is 0 Å². The van der Waals surface area contributed by atoms with Gasteiger partial charge in [-0.1, -0.05) is 104 Å². The molecule has 176 valence electrons. The summed E-state index contributed by atoms with van der Waals surface area (Å²) in [5.41, 5.74) is 0. The van der Waals surface area contributed by atoms with Crippen LogP contribution < -0.4 is 0 Å². The highest BCUT2D eigenvalue weighted by atomic mass is 14.4. The van der Waals surface area contributed by atoms with Crippen LogP contribution in [-0.2, 0) is 0 Å². The number of rotatable bonds is 12. The Balaban J connectivity index is 1.26. The summed E-state index contributed by atoms with van der Waals surface area (Å²) in [6.45, 7) is 4.67.